The molecule has 6 heteroatoms. The van der Waals surface area contributed by atoms with Crippen LogP contribution in [0.5, 0.6) is 5.88 Å². The van der Waals surface area contributed by atoms with Crippen LogP contribution in [-0.4, -0.2) is 21.6 Å². The summed E-state index contributed by atoms with van der Waals surface area (Å²) in [6.07, 6.45) is 3.48. The molecule has 2 aromatic heterocycles. The van der Waals surface area contributed by atoms with Gasteiger partial charge < -0.3 is 9.30 Å². The Morgan fingerprint density at radius 1 is 1.18 bits per heavy atom. The third-order valence-corrected chi connectivity index (χ3v) is 3.53. The number of hydrogen-bond acceptors (Lipinski definition) is 3. The molecule has 0 aliphatic carbocycles. The third kappa shape index (κ3) is 2.67. The summed E-state index contributed by atoms with van der Waals surface area (Å²) in [5, 5.41) is 0.310. The van der Waals surface area contributed by atoms with E-state index in [1.165, 1.54) is 19.2 Å². The first-order chi connectivity index (χ1) is 10.6. The lowest BCUT2D eigenvalue weighted by Gasteiger charge is -2.11. The minimum Gasteiger partial charge on any atom is -0.481 e. The second-order valence-corrected chi connectivity index (χ2v) is 5.16. The van der Waals surface area contributed by atoms with Crippen molar-refractivity contribution in [3.8, 4) is 28.4 Å². The van der Waals surface area contributed by atoms with Crippen LogP contribution < -0.4 is 4.74 Å². The number of rotatable bonds is 3. The monoisotopic (exact) mass is 317 g/mol. The standard InChI is InChI=1S/C16H13ClFN3O/c1-21-6-5-19-16(21)13-9-11(18)3-4-12(13)10-7-14(17)20-15(8-10)22-2/h3-9H,1-2H3. The zero-order valence-corrected chi connectivity index (χ0v) is 12.8. The van der Waals surface area contributed by atoms with E-state index in [4.69, 9.17) is 16.3 Å². The highest BCUT2D eigenvalue weighted by atomic mass is 35.5. The maximum atomic E-state index is 13.7. The summed E-state index contributed by atoms with van der Waals surface area (Å²) in [4.78, 5) is 8.35. The Bertz CT molecular complexity index is 832. The normalized spacial score (nSPS) is 10.7. The Labute approximate surface area is 132 Å². The summed E-state index contributed by atoms with van der Waals surface area (Å²) >= 11 is 6.03. The Kier molecular flexibility index (Phi) is 3.81. The van der Waals surface area contributed by atoms with Crippen molar-refractivity contribution in [2.75, 3.05) is 7.11 Å². The van der Waals surface area contributed by atoms with Gasteiger partial charge >= 0.3 is 0 Å². The van der Waals surface area contributed by atoms with Gasteiger partial charge in [-0.1, -0.05) is 17.7 Å². The molecular formula is C16H13ClFN3O. The van der Waals surface area contributed by atoms with Crippen LogP contribution in [0.3, 0.4) is 0 Å². The number of pyridine rings is 1. The molecule has 3 rings (SSSR count). The van der Waals surface area contributed by atoms with Gasteiger partial charge in [0, 0.05) is 31.1 Å². The van der Waals surface area contributed by atoms with Crippen LogP contribution >= 0.6 is 11.6 Å². The van der Waals surface area contributed by atoms with Crippen LogP contribution in [0.4, 0.5) is 4.39 Å². The van der Waals surface area contributed by atoms with Crippen molar-refractivity contribution in [3.05, 3.63) is 53.7 Å². The molecule has 0 atom stereocenters. The second-order valence-electron chi connectivity index (χ2n) is 4.77. The largest absolute Gasteiger partial charge is 0.481 e. The highest BCUT2D eigenvalue weighted by Gasteiger charge is 2.14. The van der Waals surface area contributed by atoms with Gasteiger partial charge in [-0.2, -0.15) is 0 Å². The van der Waals surface area contributed by atoms with E-state index in [-0.39, 0.29) is 5.82 Å². The van der Waals surface area contributed by atoms with Crippen molar-refractivity contribution in [1.82, 2.24) is 14.5 Å². The fourth-order valence-corrected chi connectivity index (χ4v) is 2.51. The number of aryl methyl sites for hydroxylation is 1. The maximum Gasteiger partial charge on any atom is 0.214 e. The van der Waals surface area contributed by atoms with E-state index in [9.17, 15) is 4.39 Å². The number of imidazole rings is 1. The van der Waals surface area contributed by atoms with Crippen LogP contribution in [0.2, 0.25) is 5.15 Å². The molecule has 22 heavy (non-hydrogen) atoms. The predicted molar refractivity (Wildman–Crippen MR) is 83.4 cm³/mol. The predicted octanol–water partition coefficient (Wildman–Crippen LogP) is 3.95. The highest BCUT2D eigenvalue weighted by Crippen LogP contribution is 2.34. The summed E-state index contributed by atoms with van der Waals surface area (Å²) in [6.45, 7) is 0. The molecule has 0 N–H and O–H groups in total. The number of halogens is 2. The maximum absolute atomic E-state index is 13.7. The molecule has 3 aromatic rings. The van der Waals surface area contributed by atoms with Crippen molar-refractivity contribution in [2.24, 2.45) is 7.05 Å². The summed E-state index contributed by atoms with van der Waals surface area (Å²) in [7, 11) is 3.38. The third-order valence-electron chi connectivity index (χ3n) is 3.33. The lowest BCUT2D eigenvalue weighted by Crippen LogP contribution is -1.96. The average Bonchev–Trinajstić information content (AvgIpc) is 2.92. The van der Waals surface area contributed by atoms with Crippen LogP contribution in [0.1, 0.15) is 0 Å². The average molecular weight is 318 g/mol. The van der Waals surface area contributed by atoms with E-state index in [0.717, 1.165) is 11.1 Å². The van der Waals surface area contributed by atoms with Crippen LogP contribution in [0.15, 0.2) is 42.7 Å². The van der Waals surface area contributed by atoms with Gasteiger partial charge in [-0.3, -0.25) is 0 Å². The van der Waals surface area contributed by atoms with E-state index in [1.807, 2.05) is 17.8 Å². The number of aromatic nitrogens is 3. The minimum absolute atomic E-state index is 0.310. The number of ether oxygens (including phenoxy) is 1. The van der Waals surface area contributed by atoms with Gasteiger partial charge in [0.25, 0.3) is 0 Å². The fourth-order valence-electron chi connectivity index (χ4n) is 2.31. The molecule has 0 bridgehead atoms. The zero-order chi connectivity index (χ0) is 15.7. The van der Waals surface area contributed by atoms with E-state index in [2.05, 4.69) is 9.97 Å². The Morgan fingerprint density at radius 2 is 2.00 bits per heavy atom. The van der Waals surface area contributed by atoms with Gasteiger partial charge in [-0.25, -0.2) is 14.4 Å². The van der Waals surface area contributed by atoms with Gasteiger partial charge in [-0.15, -0.1) is 0 Å². The van der Waals surface area contributed by atoms with Crippen LogP contribution in [0, 0.1) is 5.82 Å². The van der Waals surface area contributed by atoms with Crippen molar-refractivity contribution in [3.63, 3.8) is 0 Å². The van der Waals surface area contributed by atoms with Gasteiger partial charge in [0.1, 0.15) is 16.8 Å². The molecule has 0 spiro atoms. The van der Waals surface area contributed by atoms with Gasteiger partial charge in [-0.05, 0) is 29.3 Å². The summed E-state index contributed by atoms with van der Waals surface area (Å²) in [5.41, 5.74) is 2.27. The Morgan fingerprint density at radius 3 is 2.68 bits per heavy atom. The molecule has 1 aromatic carbocycles. The second kappa shape index (κ2) is 5.77. The Balaban J connectivity index is 2.24. The first-order valence-electron chi connectivity index (χ1n) is 6.57. The zero-order valence-electron chi connectivity index (χ0n) is 12.0. The smallest absolute Gasteiger partial charge is 0.214 e. The van der Waals surface area contributed by atoms with Crippen molar-refractivity contribution < 1.29 is 9.13 Å². The van der Waals surface area contributed by atoms with Gasteiger partial charge in [0.05, 0.1) is 7.11 Å². The number of benzene rings is 1. The minimum atomic E-state index is -0.325. The van der Waals surface area contributed by atoms with Gasteiger partial charge in [0.15, 0.2) is 0 Å². The molecule has 0 saturated carbocycles. The summed E-state index contributed by atoms with van der Waals surface area (Å²) < 4.78 is 20.7. The lowest BCUT2D eigenvalue weighted by molar-refractivity contribution is 0.398. The molecule has 112 valence electrons. The van der Waals surface area contributed by atoms with E-state index in [1.54, 1.807) is 24.4 Å². The SMILES string of the molecule is COc1cc(-c2ccc(F)cc2-c2nccn2C)cc(Cl)n1. The van der Waals surface area contributed by atoms with Crippen LogP contribution in [-0.2, 0) is 7.05 Å². The topological polar surface area (TPSA) is 39.9 Å². The summed E-state index contributed by atoms with van der Waals surface area (Å²) in [6, 6.07) is 8.03. The lowest BCUT2D eigenvalue weighted by atomic mass is 9.99. The first kappa shape index (κ1) is 14.5. The van der Waals surface area contributed by atoms with Crippen molar-refractivity contribution >= 4 is 11.6 Å². The van der Waals surface area contributed by atoms with E-state index < -0.39 is 0 Å². The van der Waals surface area contributed by atoms with E-state index in [0.29, 0.717) is 22.4 Å². The molecule has 4 nitrogen and oxygen atoms in total. The highest BCUT2D eigenvalue weighted by molar-refractivity contribution is 6.29. The van der Waals surface area contributed by atoms with Crippen molar-refractivity contribution in [1.29, 1.82) is 0 Å². The molecule has 0 fully saturated rings. The molecule has 2 heterocycles. The van der Waals surface area contributed by atoms with Crippen LogP contribution in [0.25, 0.3) is 22.5 Å². The molecule has 0 radical (unpaired) electrons. The Hall–Kier alpha value is -2.40. The van der Waals surface area contributed by atoms with Crippen molar-refractivity contribution in [2.45, 2.75) is 0 Å². The molecular weight excluding hydrogens is 305 g/mol. The number of nitrogens with zero attached hydrogens (tertiary/aromatic N) is 3. The molecule has 0 amide bonds. The fraction of sp³-hybridized carbons (Fsp3) is 0.125. The number of hydrogen-bond donors (Lipinski definition) is 0. The van der Waals surface area contributed by atoms with Gasteiger partial charge in [0.2, 0.25) is 5.88 Å². The first-order valence-corrected chi connectivity index (χ1v) is 6.95. The quantitative estimate of drug-likeness (QED) is 0.687. The van der Waals surface area contributed by atoms with E-state index >= 15 is 0 Å². The molecule has 0 aliphatic rings. The summed E-state index contributed by atoms with van der Waals surface area (Å²) in [5.74, 6) is 0.743. The molecule has 0 saturated heterocycles. The molecule has 0 unspecified atom stereocenters. The number of methoxy groups -OCH3 is 1. The molecule has 0 aliphatic heterocycles.